The van der Waals surface area contributed by atoms with Gasteiger partial charge in [-0.2, -0.15) is 0 Å². The second-order valence-corrected chi connectivity index (χ2v) is 9.61. The maximum atomic E-state index is 12.2. The third-order valence-corrected chi connectivity index (χ3v) is 7.30. The molecule has 22 heavy (non-hydrogen) atoms. The predicted octanol–water partition coefficient (Wildman–Crippen LogP) is 2.92. The van der Waals surface area contributed by atoms with Gasteiger partial charge in [0.25, 0.3) is 0 Å². The van der Waals surface area contributed by atoms with Crippen LogP contribution in [0.1, 0.15) is 65.2 Å². The molecule has 0 aromatic rings. The van der Waals surface area contributed by atoms with Crippen molar-refractivity contribution in [3.63, 3.8) is 0 Å². The van der Waals surface area contributed by atoms with Gasteiger partial charge in [-0.15, -0.1) is 0 Å². The fourth-order valence-electron chi connectivity index (χ4n) is 4.01. The minimum atomic E-state index is -3.27. The van der Waals surface area contributed by atoms with Crippen LogP contribution in [-0.4, -0.2) is 31.9 Å². The monoisotopic (exact) mass is 329 g/mol. The van der Waals surface area contributed by atoms with Gasteiger partial charge in [-0.25, -0.2) is 8.42 Å². The highest BCUT2D eigenvalue weighted by Gasteiger charge is 2.30. The Morgan fingerprint density at radius 3 is 2.36 bits per heavy atom. The Labute approximate surface area is 135 Å². The molecule has 2 aliphatic carbocycles. The molecule has 1 N–H and O–H groups in total. The molecule has 4 nitrogen and oxygen atoms in total. The summed E-state index contributed by atoms with van der Waals surface area (Å²) in [5.41, 5.74) is 0. The van der Waals surface area contributed by atoms with Crippen LogP contribution in [0, 0.1) is 17.8 Å². The van der Waals surface area contributed by atoms with Gasteiger partial charge in [0.15, 0.2) is 9.84 Å². The number of carbonyl (C=O) groups is 1. The highest BCUT2D eigenvalue weighted by atomic mass is 32.2. The lowest BCUT2D eigenvalue weighted by Gasteiger charge is -2.34. The largest absolute Gasteiger partial charge is 0.352 e. The number of amides is 1. The highest BCUT2D eigenvalue weighted by Crippen LogP contribution is 2.29. The molecule has 0 aliphatic heterocycles. The molecule has 3 atom stereocenters. The molecule has 0 radical (unpaired) electrons. The summed E-state index contributed by atoms with van der Waals surface area (Å²) >= 11 is 0. The van der Waals surface area contributed by atoms with Gasteiger partial charge in [0.1, 0.15) is 5.75 Å². The Hall–Kier alpha value is -0.580. The molecular weight excluding hydrogens is 298 g/mol. The standard InChI is InChI=1S/C17H31NO3S/c1-13-7-6-10-16(14(13)2)18-17(19)12-22(20,21)11-15-8-4-3-5-9-15/h13-16H,3-12H2,1-2H3,(H,18,19)/t13-,14-,16+/m1/s1. The molecule has 128 valence electrons. The molecular formula is C17H31NO3S. The van der Waals surface area contributed by atoms with E-state index in [-0.39, 0.29) is 29.4 Å². The van der Waals surface area contributed by atoms with Crippen molar-refractivity contribution >= 4 is 15.7 Å². The zero-order valence-corrected chi connectivity index (χ0v) is 14.8. The van der Waals surface area contributed by atoms with Crippen LogP contribution in [0.4, 0.5) is 0 Å². The second-order valence-electron chi connectivity index (χ2n) is 7.50. The topological polar surface area (TPSA) is 63.2 Å². The number of hydrogen-bond donors (Lipinski definition) is 1. The Morgan fingerprint density at radius 2 is 1.68 bits per heavy atom. The summed E-state index contributed by atoms with van der Waals surface area (Å²) in [5.74, 6) is 0.844. The number of rotatable bonds is 5. The van der Waals surface area contributed by atoms with Gasteiger partial charge in [0, 0.05) is 6.04 Å². The zero-order valence-electron chi connectivity index (χ0n) is 14.0. The fourth-order valence-corrected chi connectivity index (χ4v) is 5.66. The van der Waals surface area contributed by atoms with E-state index in [1.165, 1.54) is 12.8 Å². The molecule has 0 spiro atoms. The first-order chi connectivity index (χ1) is 10.4. The first-order valence-electron chi connectivity index (χ1n) is 8.87. The van der Waals surface area contributed by atoms with Crippen LogP contribution < -0.4 is 5.32 Å². The lowest BCUT2D eigenvalue weighted by atomic mass is 9.78. The van der Waals surface area contributed by atoms with Crippen LogP contribution in [0.2, 0.25) is 0 Å². The number of nitrogens with one attached hydrogen (secondary N) is 1. The molecule has 2 saturated carbocycles. The molecule has 2 rings (SSSR count). The van der Waals surface area contributed by atoms with Gasteiger partial charge in [-0.1, -0.05) is 46.0 Å². The van der Waals surface area contributed by atoms with Crippen molar-refractivity contribution in [3.8, 4) is 0 Å². The Kier molecular flexibility index (Phi) is 6.30. The maximum absolute atomic E-state index is 12.2. The Bertz CT molecular complexity index is 468. The summed E-state index contributed by atoms with van der Waals surface area (Å²) in [6.07, 6.45) is 8.76. The summed E-state index contributed by atoms with van der Waals surface area (Å²) in [5, 5.41) is 2.97. The van der Waals surface area contributed by atoms with Crippen LogP contribution in [-0.2, 0) is 14.6 Å². The second kappa shape index (κ2) is 7.80. The Morgan fingerprint density at radius 1 is 1.00 bits per heavy atom. The molecule has 0 unspecified atom stereocenters. The summed E-state index contributed by atoms with van der Waals surface area (Å²) in [4.78, 5) is 12.1. The van der Waals surface area contributed by atoms with E-state index < -0.39 is 9.84 Å². The lowest BCUT2D eigenvalue weighted by Crippen LogP contribution is -2.46. The van der Waals surface area contributed by atoms with Crippen molar-refractivity contribution in [1.29, 1.82) is 0 Å². The maximum Gasteiger partial charge on any atom is 0.235 e. The Balaban J connectivity index is 1.82. The van der Waals surface area contributed by atoms with Crippen LogP contribution in [0.15, 0.2) is 0 Å². The van der Waals surface area contributed by atoms with Crippen LogP contribution in [0.25, 0.3) is 0 Å². The van der Waals surface area contributed by atoms with Crippen molar-refractivity contribution in [3.05, 3.63) is 0 Å². The van der Waals surface area contributed by atoms with Crippen molar-refractivity contribution in [2.75, 3.05) is 11.5 Å². The molecule has 2 aliphatic rings. The molecule has 0 aromatic carbocycles. The van der Waals surface area contributed by atoms with Crippen LogP contribution in [0.3, 0.4) is 0 Å². The van der Waals surface area contributed by atoms with E-state index in [4.69, 9.17) is 0 Å². The first-order valence-corrected chi connectivity index (χ1v) is 10.7. The van der Waals surface area contributed by atoms with Crippen molar-refractivity contribution in [2.24, 2.45) is 17.8 Å². The molecule has 0 bridgehead atoms. The van der Waals surface area contributed by atoms with Crippen LogP contribution >= 0.6 is 0 Å². The smallest absolute Gasteiger partial charge is 0.235 e. The third-order valence-electron chi connectivity index (χ3n) is 5.62. The van der Waals surface area contributed by atoms with E-state index in [0.29, 0.717) is 11.8 Å². The molecule has 5 heteroatoms. The summed E-state index contributed by atoms with van der Waals surface area (Å²) in [6, 6.07) is 0.140. The third kappa shape index (κ3) is 5.25. The fraction of sp³-hybridized carbons (Fsp3) is 0.941. The summed E-state index contributed by atoms with van der Waals surface area (Å²) < 4.78 is 24.5. The van der Waals surface area contributed by atoms with Crippen molar-refractivity contribution in [1.82, 2.24) is 5.32 Å². The van der Waals surface area contributed by atoms with Crippen molar-refractivity contribution < 1.29 is 13.2 Å². The quantitative estimate of drug-likeness (QED) is 0.843. The number of sulfone groups is 1. The summed E-state index contributed by atoms with van der Waals surface area (Å²) in [6.45, 7) is 4.37. The van der Waals surface area contributed by atoms with Crippen LogP contribution in [0.5, 0.6) is 0 Å². The SMILES string of the molecule is C[C@@H]1[C@H](C)CCC[C@@H]1NC(=O)CS(=O)(=O)CC1CCCCC1. The minimum Gasteiger partial charge on any atom is -0.352 e. The van der Waals surface area contributed by atoms with Crippen molar-refractivity contribution in [2.45, 2.75) is 71.3 Å². The van der Waals surface area contributed by atoms with Gasteiger partial charge in [0.2, 0.25) is 5.91 Å². The van der Waals surface area contributed by atoms with Gasteiger partial charge in [-0.3, -0.25) is 4.79 Å². The first kappa shape index (κ1) is 17.8. The average molecular weight is 330 g/mol. The summed E-state index contributed by atoms with van der Waals surface area (Å²) in [7, 11) is -3.27. The molecule has 0 aromatic heterocycles. The normalized spacial score (nSPS) is 30.9. The zero-order chi connectivity index (χ0) is 16.2. The molecule has 0 saturated heterocycles. The minimum absolute atomic E-state index is 0.140. The van der Waals surface area contributed by atoms with E-state index in [9.17, 15) is 13.2 Å². The van der Waals surface area contributed by atoms with E-state index in [1.54, 1.807) is 0 Å². The molecule has 0 heterocycles. The highest BCUT2D eigenvalue weighted by molar-refractivity contribution is 7.92. The van der Waals surface area contributed by atoms with E-state index in [0.717, 1.165) is 38.5 Å². The van der Waals surface area contributed by atoms with Gasteiger partial charge in [0.05, 0.1) is 5.75 Å². The predicted molar refractivity (Wildman–Crippen MR) is 89.3 cm³/mol. The van der Waals surface area contributed by atoms with E-state index >= 15 is 0 Å². The van der Waals surface area contributed by atoms with Gasteiger partial charge in [-0.05, 0) is 37.0 Å². The molecule has 2 fully saturated rings. The molecule has 1 amide bonds. The number of carbonyl (C=O) groups excluding carboxylic acids is 1. The number of hydrogen-bond acceptors (Lipinski definition) is 3. The average Bonchev–Trinajstić information content (AvgIpc) is 2.43. The lowest BCUT2D eigenvalue weighted by molar-refractivity contribution is -0.120. The van der Waals surface area contributed by atoms with Gasteiger partial charge >= 0.3 is 0 Å². The van der Waals surface area contributed by atoms with E-state index in [2.05, 4.69) is 19.2 Å². The van der Waals surface area contributed by atoms with Gasteiger partial charge < -0.3 is 5.32 Å². The van der Waals surface area contributed by atoms with E-state index in [1.807, 2.05) is 0 Å².